The maximum Gasteiger partial charge on any atom is 0.262 e. The molecule has 0 atom stereocenters. The van der Waals surface area contributed by atoms with E-state index < -0.39 is 0 Å². The molecule has 0 aliphatic carbocycles. The van der Waals surface area contributed by atoms with E-state index in [1.165, 1.54) is 11.3 Å². The first-order valence-electron chi connectivity index (χ1n) is 5.45. The molecule has 0 saturated heterocycles. The summed E-state index contributed by atoms with van der Waals surface area (Å²) in [5, 5.41) is 4.98. The molecule has 1 aromatic heterocycles. The summed E-state index contributed by atoms with van der Waals surface area (Å²) in [6.07, 6.45) is 1.66. The SMILES string of the molecule is CCc1ccsc1C(=O)NC(C)(C)CCCl. The fourth-order valence-electron chi connectivity index (χ4n) is 1.48. The van der Waals surface area contributed by atoms with Crippen molar-refractivity contribution in [3.63, 3.8) is 0 Å². The van der Waals surface area contributed by atoms with E-state index in [2.05, 4.69) is 12.2 Å². The van der Waals surface area contributed by atoms with Crippen molar-refractivity contribution < 1.29 is 4.79 Å². The van der Waals surface area contributed by atoms with Crippen molar-refractivity contribution in [2.24, 2.45) is 0 Å². The van der Waals surface area contributed by atoms with Crippen molar-refractivity contribution in [2.75, 3.05) is 5.88 Å². The molecule has 0 saturated carbocycles. The fourth-order valence-corrected chi connectivity index (χ4v) is 2.84. The van der Waals surface area contributed by atoms with Crippen LogP contribution in [0.3, 0.4) is 0 Å². The maximum absolute atomic E-state index is 12.0. The van der Waals surface area contributed by atoms with E-state index in [0.717, 1.165) is 23.3 Å². The molecule has 4 heteroatoms. The van der Waals surface area contributed by atoms with Crippen LogP contribution in [0.1, 0.15) is 42.4 Å². The minimum atomic E-state index is -0.242. The number of rotatable bonds is 5. The first-order valence-corrected chi connectivity index (χ1v) is 6.86. The average Bonchev–Trinajstić information content (AvgIpc) is 2.64. The summed E-state index contributed by atoms with van der Waals surface area (Å²) < 4.78 is 0. The van der Waals surface area contributed by atoms with Gasteiger partial charge in [0.15, 0.2) is 0 Å². The number of thiophene rings is 1. The van der Waals surface area contributed by atoms with Gasteiger partial charge in [0.2, 0.25) is 0 Å². The Balaban J connectivity index is 2.72. The molecule has 0 unspecified atom stereocenters. The summed E-state index contributed by atoms with van der Waals surface area (Å²) in [5.74, 6) is 0.570. The quantitative estimate of drug-likeness (QED) is 0.807. The maximum atomic E-state index is 12.0. The van der Waals surface area contributed by atoms with E-state index in [-0.39, 0.29) is 11.4 Å². The second-order valence-electron chi connectivity index (χ2n) is 4.41. The monoisotopic (exact) mass is 259 g/mol. The Hall–Kier alpha value is -0.540. The zero-order chi connectivity index (χ0) is 12.2. The Morgan fingerprint density at radius 2 is 2.25 bits per heavy atom. The predicted molar refractivity (Wildman–Crippen MR) is 70.6 cm³/mol. The number of aryl methyl sites for hydroxylation is 1. The largest absolute Gasteiger partial charge is 0.346 e. The highest BCUT2D eigenvalue weighted by Crippen LogP contribution is 2.19. The van der Waals surface area contributed by atoms with E-state index in [0.29, 0.717) is 5.88 Å². The average molecular weight is 260 g/mol. The third-order valence-electron chi connectivity index (χ3n) is 2.51. The van der Waals surface area contributed by atoms with Gasteiger partial charge in [0, 0.05) is 11.4 Å². The van der Waals surface area contributed by atoms with Crippen molar-refractivity contribution in [1.29, 1.82) is 0 Å². The molecular weight excluding hydrogens is 242 g/mol. The minimum absolute atomic E-state index is 0.0157. The van der Waals surface area contributed by atoms with Crippen LogP contribution in [0.4, 0.5) is 0 Å². The third-order valence-corrected chi connectivity index (χ3v) is 3.65. The molecule has 1 aromatic rings. The number of nitrogens with one attached hydrogen (secondary N) is 1. The lowest BCUT2D eigenvalue weighted by molar-refractivity contribution is 0.0915. The van der Waals surface area contributed by atoms with Crippen molar-refractivity contribution in [3.8, 4) is 0 Å². The van der Waals surface area contributed by atoms with Crippen molar-refractivity contribution in [2.45, 2.75) is 39.2 Å². The molecule has 0 spiro atoms. The highest BCUT2D eigenvalue weighted by Gasteiger charge is 2.22. The summed E-state index contributed by atoms with van der Waals surface area (Å²) in [6, 6.07) is 2.01. The van der Waals surface area contributed by atoms with E-state index in [1.807, 2.05) is 25.3 Å². The zero-order valence-electron chi connectivity index (χ0n) is 9.97. The normalized spacial score (nSPS) is 11.5. The van der Waals surface area contributed by atoms with Crippen LogP contribution in [0, 0.1) is 0 Å². The van der Waals surface area contributed by atoms with Gasteiger partial charge in [0.25, 0.3) is 5.91 Å². The number of carbonyl (C=O) groups is 1. The molecule has 1 rings (SSSR count). The summed E-state index contributed by atoms with van der Waals surface area (Å²) in [4.78, 5) is 12.9. The van der Waals surface area contributed by atoms with Gasteiger partial charge in [-0.3, -0.25) is 4.79 Å². The van der Waals surface area contributed by atoms with E-state index in [4.69, 9.17) is 11.6 Å². The van der Waals surface area contributed by atoms with Gasteiger partial charge in [0.05, 0.1) is 4.88 Å². The van der Waals surface area contributed by atoms with Gasteiger partial charge in [-0.05, 0) is 43.7 Å². The van der Waals surface area contributed by atoms with Gasteiger partial charge in [-0.25, -0.2) is 0 Å². The number of halogens is 1. The van der Waals surface area contributed by atoms with E-state index in [1.54, 1.807) is 0 Å². The number of amides is 1. The Bertz CT molecular complexity index is 360. The lowest BCUT2D eigenvalue weighted by Crippen LogP contribution is -2.43. The highest BCUT2D eigenvalue weighted by atomic mass is 35.5. The number of alkyl halides is 1. The molecular formula is C12H18ClNOS. The van der Waals surface area contributed by atoms with Gasteiger partial charge >= 0.3 is 0 Å². The van der Waals surface area contributed by atoms with Crippen LogP contribution in [0.5, 0.6) is 0 Å². The van der Waals surface area contributed by atoms with Gasteiger partial charge in [-0.15, -0.1) is 22.9 Å². The summed E-state index contributed by atoms with van der Waals surface area (Å²) in [5.41, 5.74) is 0.873. The highest BCUT2D eigenvalue weighted by molar-refractivity contribution is 7.12. The Morgan fingerprint density at radius 3 is 2.81 bits per heavy atom. The molecule has 0 aliphatic rings. The fraction of sp³-hybridized carbons (Fsp3) is 0.583. The van der Waals surface area contributed by atoms with Gasteiger partial charge in [-0.2, -0.15) is 0 Å². The Kier molecular flexibility index (Phi) is 4.81. The lowest BCUT2D eigenvalue weighted by atomic mass is 10.0. The number of hydrogen-bond acceptors (Lipinski definition) is 2. The van der Waals surface area contributed by atoms with E-state index in [9.17, 15) is 4.79 Å². The van der Waals surface area contributed by atoms with Crippen molar-refractivity contribution >= 4 is 28.8 Å². The topological polar surface area (TPSA) is 29.1 Å². The Labute approximate surface area is 106 Å². The zero-order valence-corrected chi connectivity index (χ0v) is 11.5. The number of hydrogen-bond donors (Lipinski definition) is 1. The van der Waals surface area contributed by atoms with Crippen LogP contribution in [0.25, 0.3) is 0 Å². The third kappa shape index (κ3) is 3.49. The van der Waals surface area contributed by atoms with Crippen LogP contribution >= 0.6 is 22.9 Å². The van der Waals surface area contributed by atoms with Crippen LogP contribution in [-0.4, -0.2) is 17.3 Å². The molecule has 1 heterocycles. The lowest BCUT2D eigenvalue weighted by Gasteiger charge is -2.25. The van der Waals surface area contributed by atoms with Crippen LogP contribution in [0.2, 0.25) is 0 Å². The van der Waals surface area contributed by atoms with E-state index >= 15 is 0 Å². The van der Waals surface area contributed by atoms with Crippen molar-refractivity contribution in [3.05, 3.63) is 21.9 Å². The molecule has 0 aromatic carbocycles. The first-order chi connectivity index (χ1) is 7.50. The molecule has 1 N–H and O–H groups in total. The molecule has 0 bridgehead atoms. The Morgan fingerprint density at radius 1 is 1.56 bits per heavy atom. The van der Waals surface area contributed by atoms with Gasteiger partial charge < -0.3 is 5.32 Å². The minimum Gasteiger partial charge on any atom is -0.346 e. The molecule has 90 valence electrons. The summed E-state index contributed by atoms with van der Waals surface area (Å²) in [6.45, 7) is 6.04. The molecule has 0 fully saturated rings. The van der Waals surface area contributed by atoms with Gasteiger partial charge in [0.1, 0.15) is 0 Å². The standard InChI is InChI=1S/C12H18ClNOS/c1-4-9-5-8-16-10(9)11(15)14-12(2,3)6-7-13/h5,8H,4,6-7H2,1-3H3,(H,14,15). The first kappa shape index (κ1) is 13.5. The van der Waals surface area contributed by atoms with Crippen LogP contribution < -0.4 is 5.32 Å². The second-order valence-corrected chi connectivity index (χ2v) is 5.70. The van der Waals surface area contributed by atoms with Gasteiger partial charge in [-0.1, -0.05) is 6.92 Å². The molecule has 1 amide bonds. The summed E-state index contributed by atoms with van der Waals surface area (Å²) in [7, 11) is 0. The summed E-state index contributed by atoms with van der Waals surface area (Å²) >= 11 is 7.20. The molecule has 2 nitrogen and oxygen atoms in total. The predicted octanol–water partition coefficient (Wildman–Crippen LogP) is 3.45. The number of carbonyl (C=O) groups excluding carboxylic acids is 1. The second kappa shape index (κ2) is 5.69. The van der Waals surface area contributed by atoms with Crippen molar-refractivity contribution in [1.82, 2.24) is 5.32 Å². The van der Waals surface area contributed by atoms with Crippen LogP contribution in [0.15, 0.2) is 11.4 Å². The molecule has 0 aliphatic heterocycles. The smallest absolute Gasteiger partial charge is 0.262 e. The molecule has 16 heavy (non-hydrogen) atoms. The molecule has 0 radical (unpaired) electrons. The van der Waals surface area contributed by atoms with Crippen LogP contribution in [-0.2, 0) is 6.42 Å².